The summed E-state index contributed by atoms with van der Waals surface area (Å²) in [5, 5.41) is 1.86. The zero-order valence-corrected chi connectivity index (χ0v) is 18.6. The van der Waals surface area contributed by atoms with E-state index in [1.165, 1.54) is 11.3 Å². The molecule has 2 aliphatic heterocycles. The molecule has 166 valence electrons. The Bertz CT molecular complexity index is 1190. The van der Waals surface area contributed by atoms with Gasteiger partial charge in [-0.3, -0.25) is 23.7 Å². The van der Waals surface area contributed by atoms with Crippen molar-refractivity contribution in [1.82, 2.24) is 24.1 Å². The topological polar surface area (TPSA) is 78.2 Å². The lowest BCUT2D eigenvalue weighted by atomic mass is 10.1. The maximum atomic E-state index is 12.9. The minimum atomic E-state index is -0.0578. The first-order chi connectivity index (χ1) is 15.6. The van der Waals surface area contributed by atoms with E-state index in [-0.39, 0.29) is 17.4 Å². The predicted molar refractivity (Wildman–Crippen MR) is 122 cm³/mol. The van der Waals surface area contributed by atoms with E-state index in [0.29, 0.717) is 43.1 Å². The average Bonchev–Trinajstić information content (AvgIpc) is 3.44. The van der Waals surface area contributed by atoms with Gasteiger partial charge in [-0.2, -0.15) is 0 Å². The van der Waals surface area contributed by atoms with Crippen LogP contribution in [0.5, 0.6) is 0 Å². The molecule has 8 nitrogen and oxygen atoms in total. The molecule has 2 fully saturated rings. The van der Waals surface area contributed by atoms with Crippen LogP contribution in [0, 0.1) is 0 Å². The van der Waals surface area contributed by atoms with Gasteiger partial charge in [0, 0.05) is 75.4 Å². The first kappa shape index (κ1) is 20.8. The molecule has 0 aliphatic carbocycles. The molecule has 0 saturated carbocycles. The molecule has 0 bridgehead atoms. The van der Waals surface area contributed by atoms with E-state index in [2.05, 4.69) is 9.88 Å². The molecule has 3 aromatic rings. The highest BCUT2D eigenvalue weighted by Crippen LogP contribution is 2.16. The van der Waals surface area contributed by atoms with Crippen molar-refractivity contribution in [2.24, 2.45) is 0 Å². The van der Waals surface area contributed by atoms with Crippen molar-refractivity contribution in [2.75, 3.05) is 32.7 Å². The van der Waals surface area contributed by atoms with Gasteiger partial charge in [0.25, 0.3) is 11.5 Å². The van der Waals surface area contributed by atoms with Crippen LogP contribution in [-0.4, -0.2) is 68.6 Å². The number of likely N-dealkylation sites (tertiary alicyclic amines) is 1. The van der Waals surface area contributed by atoms with Crippen LogP contribution in [0.25, 0.3) is 4.96 Å². The number of aromatic nitrogens is 2. The molecule has 2 aromatic heterocycles. The van der Waals surface area contributed by atoms with E-state index in [9.17, 15) is 14.4 Å². The number of thiazole rings is 1. The fourth-order valence-electron chi connectivity index (χ4n) is 4.33. The van der Waals surface area contributed by atoms with Gasteiger partial charge < -0.3 is 9.80 Å². The third-order valence-electron chi connectivity index (χ3n) is 6.15. The maximum Gasteiger partial charge on any atom is 0.258 e. The van der Waals surface area contributed by atoms with Crippen LogP contribution < -0.4 is 5.56 Å². The molecular formula is C23H25N5O3S. The van der Waals surface area contributed by atoms with Gasteiger partial charge in [-0.05, 0) is 24.1 Å². The molecule has 5 rings (SSSR count). The summed E-state index contributed by atoms with van der Waals surface area (Å²) >= 11 is 1.45. The molecule has 2 saturated heterocycles. The quantitative estimate of drug-likeness (QED) is 0.592. The van der Waals surface area contributed by atoms with E-state index >= 15 is 0 Å². The molecule has 0 radical (unpaired) electrons. The Kier molecular flexibility index (Phi) is 5.75. The first-order valence-corrected chi connectivity index (χ1v) is 11.8. The van der Waals surface area contributed by atoms with Crippen molar-refractivity contribution in [2.45, 2.75) is 25.9 Å². The number of rotatable bonds is 5. The molecule has 9 heteroatoms. The molecule has 2 aliphatic rings. The normalized spacial score (nSPS) is 17.4. The number of benzene rings is 1. The summed E-state index contributed by atoms with van der Waals surface area (Å²) in [5.74, 6) is 0.239. The predicted octanol–water partition coefficient (Wildman–Crippen LogP) is 1.84. The lowest BCUT2D eigenvalue weighted by molar-refractivity contribution is -0.128. The Morgan fingerprint density at radius 1 is 1.00 bits per heavy atom. The third-order valence-corrected chi connectivity index (χ3v) is 6.90. The maximum absolute atomic E-state index is 12.9. The Morgan fingerprint density at radius 2 is 1.78 bits per heavy atom. The van der Waals surface area contributed by atoms with Crippen molar-refractivity contribution in [3.8, 4) is 0 Å². The van der Waals surface area contributed by atoms with Crippen LogP contribution in [0.1, 0.15) is 34.5 Å². The lowest BCUT2D eigenvalue weighted by Crippen LogP contribution is -2.48. The van der Waals surface area contributed by atoms with Gasteiger partial charge in [-0.1, -0.05) is 12.1 Å². The minimum Gasteiger partial charge on any atom is -0.338 e. The summed E-state index contributed by atoms with van der Waals surface area (Å²) in [4.78, 5) is 48.2. The largest absolute Gasteiger partial charge is 0.338 e. The lowest BCUT2D eigenvalue weighted by Gasteiger charge is -2.34. The molecule has 2 amide bonds. The van der Waals surface area contributed by atoms with Crippen LogP contribution in [-0.2, 0) is 17.9 Å². The number of carbonyl (C=O) groups excluding carboxylic acids is 2. The van der Waals surface area contributed by atoms with Crippen LogP contribution in [0.3, 0.4) is 0 Å². The van der Waals surface area contributed by atoms with E-state index < -0.39 is 0 Å². The van der Waals surface area contributed by atoms with E-state index in [1.807, 2.05) is 39.4 Å². The van der Waals surface area contributed by atoms with Crippen molar-refractivity contribution in [1.29, 1.82) is 0 Å². The number of fused-ring (bicyclic) bond motifs is 1. The molecule has 0 atom stereocenters. The second kappa shape index (κ2) is 8.84. The second-order valence-corrected chi connectivity index (χ2v) is 9.20. The van der Waals surface area contributed by atoms with Crippen molar-refractivity contribution >= 4 is 28.1 Å². The number of piperazine rings is 1. The van der Waals surface area contributed by atoms with Gasteiger partial charge in [-0.25, -0.2) is 4.98 Å². The number of hydrogen-bond donors (Lipinski definition) is 0. The number of carbonyl (C=O) groups is 2. The number of amides is 2. The molecule has 0 spiro atoms. The highest BCUT2D eigenvalue weighted by Gasteiger charge is 2.23. The van der Waals surface area contributed by atoms with Crippen molar-refractivity contribution in [3.63, 3.8) is 0 Å². The minimum absolute atomic E-state index is 0.0322. The van der Waals surface area contributed by atoms with E-state index in [4.69, 9.17) is 0 Å². The molecular weight excluding hydrogens is 426 g/mol. The van der Waals surface area contributed by atoms with Gasteiger partial charge in [0.15, 0.2) is 4.96 Å². The highest BCUT2D eigenvalue weighted by molar-refractivity contribution is 7.15. The molecule has 32 heavy (non-hydrogen) atoms. The fourth-order valence-corrected chi connectivity index (χ4v) is 5.07. The van der Waals surface area contributed by atoms with Crippen LogP contribution in [0.2, 0.25) is 0 Å². The van der Waals surface area contributed by atoms with Crippen molar-refractivity contribution in [3.05, 3.63) is 69.1 Å². The van der Waals surface area contributed by atoms with Gasteiger partial charge in [0.1, 0.15) is 0 Å². The summed E-state index contributed by atoms with van der Waals surface area (Å²) in [5.41, 5.74) is 2.43. The van der Waals surface area contributed by atoms with Crippen molar-refractivity contribution < 1.29 is 9.59 Å². The van der Waals surface area contributed by atoms with Crippen LogP contribution in [0.15, 0.2) is 46.7 Å². The summed E-state index contributed by atoms with van der Waals surface area (Å²) < 4.78 is 1.55. The number of nitrogens with zero attached hydrogens (tertiary/aromatic N) is 5. The number of hydrogen-bond acceptors (Lipinski definition) is 6. The zero-order valence-electron chi connectivity index (χ0n) is 17.8. The van der Waals surface area contributed by atoms with Crippen LogP contribution >= 0.6 is 11.3 Å². The Labute approximate surface area is 189 Å². The highest BCUT2D eigenvalue weighted by atomic mass is 32.1. The standard InChI is InChI=1S/C23H25N5O3S/c29-20-2-1-7-27(20)15-17-3-5-18(6-4-17)22(31)26-10-8-25(9-11-26)16-19-14-21(30)28-12-13-32-23(28)24-19/h3-6,12-14H,1-2,7-11,15-16H2. The summed E-state index contributed by atoms with van der Waals surface area (Å²) in [6.07, 6.45) is 3.30. The molecule has 0 unspecified atom stereocenters. The Morgan fingerprint density at radius 3 is 2.50 bits per heavy atom. The van der Waals surface area contributed by atoms with Gasteiger partial charge in [0.05, 0.1) is 5.69 Å². The monoisotopic (exact) mass is 451 g/mol. The average molecular weight is 452 g/mol. The first-order valence-electron chi connectivity index (χ1n) is 10.9. The third kappa shape index (κ3) is 4.31. The molecule has 0 N–H and O–H groups in total. The van der Waals surface area contributed by atoms with Gasteiger partial charge in [0.2, 0.25) is 5.91 Å². The second-order valence-electron chi connectivity index (χ2n) is 8.33. The molecule has 1 aromatic carbocycles. The van der Waals surface area contributed by atoms with E-state index in [0.717, 1.165) is 37.3 Å². The van der Waals surface area contributed by atoms with Crippen LogP contribution in [0.4, 0.5) is 0 Å². The Balaban J connectivity index is 1.16. The SMILES string of the molecule is O=C1CCCN1Cc1ccc(C(=O)N2CCN(Cc3cc(=O)n4ccsc4n3)CC2)cc1. The smallest absolute Gasteiger partial charge is 0.258 e. The summed E-state index contributed by atoms with van der Waals surface area (Å²) in [7, 11) is 0. The van der Waals surface area contributed by atoms with Gasteiger partial charge in [-0.15, -0.1) is 11.3 Å². The fraction of sp³-hybridized carbons (Fsp3) is 0.391. The summed E-state index contributed by atoms with van der Waals surface area (Å²) in [6, 6.07) is 9.20. The van der Waals surface area contributed by atoms with Gasteiger partial charge >= 0.3 is 0 Å². The van der Waals surface area contributed by atoms with E-state index in [1.54, 1.807) is 16.7 Å². The summed E-state index contributed by atoms with van der Waals surface area (Å²) in [6.45, 7) is 4.80. The molecule has 4 heterocycles. The zero-order chi connectivity index (χ0) is 22.1. The Hall–Kier alpha value is -3.04.